The monoisotopic (exact) mass is 142 g/mol. The van der Waals surface area contributed by atoms with Gasteiger partial charge in [0.15, 0.2) is 5.90 Å². The zero-order valence-electron chi connectivity index (χ0n) is 6.50. The molecular formula is C7H14N2O. The number of nitrogens with two attached hydrogens (primary N) is 1. The maximum atomic E-state index is 5.41. The molecule has 0 fully saturated rings. The highest BCUT2D eigenvalue weighted by molar-refractivity contribution is 5.79. The van der Waals surface area contributed by atoms with E-state index >= 15 is 0 Å². The highest BCUT2D eigenvalue weighted by Crippen LogP contribution is 2.09. The summed E-state index contributed by atoms with van der Waals surface area (Å²) in [4.78, 5) is 4.28. The molecule has 1 aliphatic rings. The van der Waals surface area contributed by atoms with Crippen molar-refractivity contribution in [2.45, 2.75) is 19.9 Å². The molecule has 3 heteroatoms. The first-order valence-electron chi connectivity index (χ1n) is 3.64. The normalized spacial score (nSPS) is 24.8. The summed E-state index contributed by atoms with van der Waals surface area (Å²) in [6.07, 6.45) is 0. The van der Waals surface area contributed by atoms with Crippen molar-refractivity contribution in [1.82, 2.24) is 0 Å². The summed E-state index contributed by atoms with van der Waals surface area (Å²) < 4.78 is 5.29. The lowest BCUT2D eigenvalue weighted by atomic mass is 10.2. The average molecular weight is 142 g/mol. The predicted molar refractivity (Wildman–Crippen MR) is 41.1 cm³/mol. The van der Waals surface area contributed by atoms with Crippen LogP contribution in [-0.2, 0) is 4.74 Å². The zero-order chi connectivity index (χ0) is 7.56. The van der Waals surface area contributed by atoms with E-state index in [1.165, 1.54) is 0 Å². The van der Waals surface area contributed by atoms with Crippen molar-refractivity contribution in [1.29, 1.82) is 0 Å². The van der Waals surface area contributed by atoms with Crippen LogP contribution in [-0.4, -0.2) is 25.1 Å². The molecule has 0 amide bonds. The molecule has 1 rings (SSSR count). The molecule has 1 atom stereocenters. The molecule has 0 bridgehead atoms. The SMILES string of the molecule is CC(C)C1=NC(CN)CO1. The number of hydrogen-bond acceptors (Lipinski definition) is 3. The second kappa shape index (κ2) is 3.01. The van der Waals surface area contributed by atoms with Gasteiger partial charge in [-0.1, -0.05) is 13.8 Å². The quantitative estimate of drug-likeness (QED) is 0.606. The number of ether oxygens (including phenoxy) is 1. The standard InChI is InChI=1S/C7H14N2O/c1-5(2)7-9-6(3-8)4-10-7/h5-6H,3-4,8H2,1-2H3. The molecule has 0 aromatic carbocycles. The van der Waals surface area contributed by atoms with Crippen molar-refractivity contribution >= 4 is 5.90 Å². The van der Waals surface area contributed by atoms with E-state index in [2.05, 4.69) is 18.8 Å². The molecule has 1 unspecified atom stereocenters. The summed E-state index contributed by atoms with van der Waals surface area (Å²) in [5.41, 5.74) is 5.41. The second-order valence-electron chi connectivity index (χ2n) is 2.82. The molecule has 10 heavy (non-hydrogen) atoms. The second-order valence-corrected chi connectivity index (χ2v) is 2.82. The highest BCUT2D eigenvalue weighted by atomic mass is 16.5. The first-order chi connectivity index (χ1) is 4.74. The molecule has 0 saturated carbocycles. The third-order valence-electron chi connectivity index (χ3n) is 1.50. The third-order valence-corrected chi connectivity index (χ3v) is 1.50. The van der Waals surface area contributed by atoms with E-state index < -0.39 is 0 Å². The van der Waals surface area contributed by atoms with Crippen LogP contribution in [0, 0.1) is 5.92 Å². The van der Waals surface area contributed by atoms with Gasteiger partial charge in [0.25, 0.3) is 0 Å². The lowest BCUT2D eigenvalue weighted by molar-refractivity contribution is 0.303. The Hall–Kier alpha value is -0.570. The lowest BCUT2D eigenvalue weighted by Gasteiger charge is -2.02. The van der Waals surface area contributed by atoms with Crippen LogP contribution in [0.5, 0.6) is 0 Å². The molecule has 58 valence electrons. The van der Waals surface area contributed by atoms with Gasteiger partial charge in [0.05, 0.1) is 6.04 Å². The van der Waals surface area contributed by atoms with Crippen LogP contribution in [0.15, 0.2) is 4.99 Å². The smallest absolute Gasteiger partial charge is 0.186 e. The topological polar surface area (TPSA) is 47.6 Å². The zero-order valence-corrected chi connectivity index (χ0v) is 6.50. The summed E-state index contributed by atoms with van der Waals surface area (Å²) in [7, 11) is 0. The Morgan fingerprint density at radius 3 is 2.80 bits per heavy atom. The molecule has 0 saturated heterocycles. The van der Waals surface area contributed by atoms with E-state index in [0.29, 0.717) is 19.1 Å². The summed E-state index contributed by atoms with van der Waals surface area (Å²) >= 11 is 0. The number of aliphatic imine (C=N–C) groups is 1. The Labute approximate surface area is 61.3 Å². The van der Waals surface area contributed by atoms with Crippen LogP contribution >= 0.6 is 0 Å². The van der Waals surface area contributed by atoms with Crippen molar-refractivity contribution in [2.75, 3.05) is 13.2 Å². The molecule has 0 aliphatic carbocycles. The molecule has 0 aromatic rings. The van der Waals surface area contributed by atoms with Crippen LogP contribution in [0.1, 0.15) is 13.8 Å². The Bertz CT molecular complexity index is 143. The largest absolute Gasteiger partial charge is 0.478 e. The minimum absolute atomic E-state index is 0.206. The van der Waals surface area contributed by atoms with Crippen molar-refractivity contribution in [3.8, 4) is 0 Å². The predicted octanol–water partition coefficient (Wildman–Crippen LogP) is 0.398. The lowest BCUT2D eigenvalue weighted by Crippen LogP contribution is -2.18. The maximum Gasteiger partial charge on any atom is 0.186 e. The van der Waals surface area contributed by atoms with Gasteiger partial charge in [-0.15, -0.1) is 0 Å². The van der Waals surface area contributed by atoms with Crippen molar-refractivity contribution in [3.05, 3.63) is 0 Å². The van der Waals surface area contributed by atoms with Crippen LogP contribution in [0.25, 0.3) is 0 Å². The van der Waals surface area contributed by atoms with Gasteiger partial charge < -0.3 is 10.5 Å². The van der Waals surface area contributed by atoms with E-state index in [0.717, 1.165) is 5.90 Å². The third kappa shape index (κ3) is 1.48. The Morgan fingerprint density at radius 2 is 2.50 bits per heavy atom. The van der Waals surface area contributed by atoms with Gasteiger partial charge in [0, 0.05) is 12.5 Å². The van der Waals surface area contributed by atoms with Gasteiger partial charge in [-0.2, -0.15) is 0 Å². The Balaban J connectivity index is 2.48. The molecule has 0 radical (unpaired) electrons. The van der Waals surface area contributed by atoms with E-state index in [9.17, 15) is 0 Å². The molecule has 2 N–H and O–H groups in total. The number of rotatable bonds is 2. The Kier molecular flexibility index (Phi) is 2.27. The van der Waals surface area contributed by atoms with Gasteiger partial charge in [0.1, 0.15) is 6.61 Å². The van der Waals surface area contributed by atoms with Crippen molar-refractivity contribution in [2.24, 2.45) is 16.6 Å². The summed E-state index contributed by atoms with van der Waals surface area (Å²) in [5, 5.41) is 0. The van der Waals surface area contributed by atoms with Crippen LogP contribution in [0.4, 0.5) is 0 Å². The van der Waals surface area contributed by atoms with Crippen LogP contribution in [0.3, 0.4) is 0 Å². The van der Waals surface area contributed by atoms with Gasteiger partial charge in [-0.3, -0.25) is 0 Å². The summed E-state index contributed by atoms with van der Waals surface area (Å²) in [5.74, 6) is 1.26. The molecule has 3 nitrogen and oxygen atoms in total. The first kappa shape index (κ1) is 7.54. The van der Waals surface area contributed by atoms with Gasteiger partial charge >= 0.3 is 0 Å². The van der Waals surface area contributed by atoms with E-state index in [-0.39, 0.29) is 6.04 Å². The van der Waals surface area contributed by atoms with Gasteiger partial charge in [0.2, 0.25) is 0 Å². The fourth-order valence-electron chi connectivity index (χ4n) is 0.873. The average Bonchev–Trinajstić information content (AvgIpc) is 2.34. The minimum atomic E-state index is 0.206. The number of nitrogens with zero attached hydrogens (tertiary/aromatic N) is 1. The molecule has 0 spiro atoms. The van der Waals surface area contributed by atoms with Crippen molar-refractivity contribution in [3.63, 3.8) is 0 Å². The molecule has 1 heterocycles. The van der Waals surface area contributed by atoms with E-state index in [1.54, 1.807) is 0 Å². The maximum absolute atomic E-state index is 5.41. The van der Waals surface area contributed by atoms with Crippen molar-refractivity contribution < 1.29 is 4.74 Å². The Morgan fingerprint density at radius 1 is 1.80 bits per heavy atom. The van der Waals surface area contributed by atoms with Gasteiger partial charge in [-0.05, 0) is 0 Å². The van der Waals surface area contributed by atoms with Crippen LogP contribution < -0.4 is 5.73 Å². The molecule has 1 aliphatic heterocycles. The highest BCUT2D eigenvalue weighted by Gasteiger charge is 2.18. The van der Waals surface area contributed by atoms with Gasteiger partial charge in [-0.25, -0.2) is 4.99 Å². The molecular weight excluding hydrogens is 128 g/mol. The molecule has 0 aromatic heterocycles. The fraction of sp³-hybridized carbons (Fsp3) is 0.857. The van der Waals surface area contributed by atoms with Crippen LogP contribution in [0.2, 0.25) is 0 Å². The fourth-order valence-corrected chi connectivity index (χ4v) is 0.873. The minimum Gasteiger partial charge on any atom is -0.478 e. The number of hydrogen-bond donors (Lipinski definition) is 1. The summed E-state index contributed by atoms with van der Waals surface area (Å²) in [6.45, 7) is 5.40. The van der Waals surface area contributed by atoms with E-state index in [1.807, 2.05) is 0 Å². The first-order valence-corrected chi connectivity index (χ1v) is 3.64. The summed E-state index contributed by atoms with van der Waals surface area (Å²) in [6, 6.07) is 0.206. The van der Waals surface area contributed by atoms with E-state index in [4.69, 9.17) is 10.5 Å².